The molecule has 4 aliphatic heterocycles. The van der Waals surface area contributed by atoms with Gasteiger partial charge in [0.15, 0.2) is 0 Å². The highest BCUT2D eigenvalue weighted by Crippen LogP contribution is 2.56. The molecule has 28 heavy (non-hydrogen) atoms. The van der Waals surface area contributed by atoms with Crippen LogP contribution in [0.3, 0.4) is 0 Å². The number of hydrogen-bond donors (Lipinski definition) is 2. The molecule has 0 saturated carbocycles. The van der Waals surface area contributed by atoms with E-state index in [-0.39, 0.29) is 18.3 Å². The number of fused-ring (bicyclic) bond motifs is 4. The van der Waals surface area contributed by atoms with Gasteiger partial charge >= 0.3 is 11.9 Å². The maximum atomic E-state index is 13.0. The first-order valence-corrected chi connectivity index (χ1v) is 11.2. The van der Waals surface area contributed by atoms with Crippen LogP contribution in [0.25, 0.3) is 0 Å². The van der Waals surface area contributed by atoms with Crippen molar-refractivity contribution in [1.82, 2.24) is 9.80 Å². The van der Waals surface area contributed by atoms with Crippen LogP contribution in [0.1, 0.15) is 70.6 Å². The van der Waals surface area contributed by atoms with Crippen molar-refractivity contribution in [3.8, 4) is 0 Å². The lowest BCUT2D eigenvalue weighted by Crippen LogP contribution is -2.55. The molecular weight excluding hydrogens is 356 g/mol. The van der Waals surface area contributed by atoms with E-state index in [0.717, 1.165) is 25.7 Å². The molecule has 0 spiro atoms. The van der Waals surface area contributed by atoms with Crippen molar-refractivity contribution in [3.05, 3.63) is 0 Å². The van der Waals surface area contributed by atoms with Crippen molar-refractivity contribution < 1.29 is 19.8 Å². The van der Waals surface area contributed by atoms with Crippen LogP contribution in [0, 0.1) is 17.3 Å². The Morgan fingerprint density at radius 3 is 1.54 bits per heavy atom. The third-order valence-corrected chi connectivity index (χ3v) is 9.03. The van der Waals surface area contributed by atoms with E-state index in [1.54, 1.807) is 0 Å². The van der Waals surface area contributed by atoms with Gasteiger partial charge in [-0.1, -0.05) is 0 Å². The minimum absolute atomic E-state index is 0.0774. The summed E-state index contributed by atoms with van der Waals surface area (Å²) >= 11 is 0. The zero-order chi connectivity index (χ0) is 20.1. The summed E-state index contributed by atoms with van der Waals surface area (Å²) in [6, 6.07) is 2.02. The Kier molecular flexibility index (Phi) is 5.47. The summed E-state index contributed by atoms with van der Waals surface area (Å²) in [5.41, 5.74) is -0.750. The van der Waals surface area contributed by atoms with Gasteiger partial charge in [0.05, 0.1) is 5.41 Å². The van der Waals surface area contributed by atoms with Crippen LogP contribution < -0.4 is 0 Å². The minimum Gasteiger partial charge on any atom is -0.481 e. The first kappa shape index (κ1) is 20.1. The summed E-state index contributed by atoms with van der Waals surface area (Å²) in [5.74, 6) is -1.10. The minimum atomic E-state index is -0.814. The van der Waals surface area contributed by atoms with Crippen LogP contribution in [-0.4, -0.2) is 70.2 Å². The molecule has 4 saturated heterocycles. The van der Waals surface area contributed by atoms with Crippen molar-refractivity contribution in [2.75, 3.05) is 14.1 Å². The molecule has 2 N–H and O–H groups in total. The predicted molar refractivity (Wildman–Crippen MR) is 106 cm³/mol. The molecule has 0 amide bonds. The molecule has 0 aromatic heterocycles. The molecule has 4 rings (SSSR count). The van der Waals surface area contributed by atoms with Crippen LogP contribution >= 0.6 is 0 Å². The average Bonchev–Trinajstić information content (AvgIpc) is 2.98. The van der Waals surface area contributed by atoms with Crippen LogP contribution in [0.5, 0.6) is 0 Å². The molecule has 4 bridgehead atoms. The van der Waals surface area contributed by atoms with E-state index in [0.29, 0.717) is 37.0 Å². The van der Waals surface area contributed by atoms with Gasteiger partial charge in [-0.2, -0.15) is 0 Å². The third kappa shape index (κ3) is 3.26. The third-order valence-electron chi connectivity index (χ3n) is 9.03. The van der Waals surface area contributed by atoms with Crippen molar-refractivity contribution in [1.29, 1.82) is 0 Å². The average molecular weight is 393 g/mol. The number of carboxylic acids is 2. The Hall–Kier alpha value is -1.14. The number of piperidine rings is 2. The molecule has 6 nitrogen and oxygen atoms in total. The second-order valence-electron chi connectivity index (χ2n) is 10.0. The molecule has 4 aliphatic rings. The van der Waals surface area contributed by atoms with Gasteiger partial charge in [-0.15, -0.1) is 0 Å². The Bertz CT molecular complexity index is 562. The van der Waals surface area contributed by atoms with Gasteiger partial charge < -0.3 is 20.0 Å². The molecule has 0 aromatic rings. The smallest absolute Gasteiger partial charge is 0.310 e. The lowest BCUT2D eigenvalue weighted by atomic mass is 9.57. The van der Waals surface area contributed by atoms with Gasteiger partial charge in [0.1, 0.15) is 0 Å². The lowest BCUT2D eigenvalue weighted by molar-refractivity contribution is -0.165. The molecule has 0 aliphatic carbocycles. The van der Waals surface area contributed by atoms with Crippen molar-refractivity contribution in [3.63, 3.8) is 0 Å². The lowest BCUT2D eigenvalue weighted by Gasteiger charge is -2.51. The van der Waals surface area contributed by atoms with Gasteiger partial charge in [-0.25, -0.2) is 0 Å². The van der Waals surface area contributed by atoms with E-state index in [4.69, 9.17) is 5.11 Å². The number of aliphatic carboxylic acids is 2. The maximum Gasteiger partial charge on any atom is 0.310 e. The van der Waals surface area contributed by atoms with E-state index in [1.807, 2.05) is 0 Å². The van der Waals surface area contributed by atoms with E-state index in [9.17, 15) is 14.7 Å². The monoisotopic (exact) mass is 392 g/mol. The van der Waals surface area contributed by atoms with Gasteiger partial charge in [0.25, 0.3) is 0 Å². The largest absolute Gasteiger partial charge is 0.481 e. The van der Waals surface area contributed by atoms with Crippen molar-refractivity contribution >= 4 is 11.9 Å². The molecule has 4 atom stereocenters. The van der Waals surface area contributed by atoms with E-state index in [1.165, 1.54) is 25.7 Å². The normalized spacial score (nSPS) is 40.4. The van der Waals surface area contributed by atoms with Gasteiger partial charge in [0.2, 0.25) is 0 Å². The SMILES string of the molecule is CN1C2CCC1CC(C(CCCC(=O)O)(C(=O)O)C1CC3CCC(C1)N3C)C2. The van der Waals surface area contributed by atoms with Gasteiger partial charge in [-0.3, -0.25) is 9.59 Å². The molecular formula is C22H36N2O4. The summed E-state index contributed by atoms with van der Waals surface area (Å²) in [7, 11) is 4.39. The molecule has 4 unspecified atom stereocenters. The van der Waals surface area contributed by atoms with Gasteiger partial charge in [0, 0.05) is 30.6 Å². The van der Waals surface area contributed by atoms with E-state index in [2.05, 4.69) is 23.9 Å². The fourth-order valence-electron chi connectivity index (χ4n) is 7.39. The number of carbonyl (C=O) groups is 2. The van der Waals surface area contributed by atoms with Crippen molar-refractivity contribution in [2.24, 2.45) is 17.3 Å². The second-order valence-corrected chi connectivity index (χ2v) is 10.0. The predicted octanol–water partition coefficient (Wildman–Crippen LogP) is 3.06. The highest BCUT2D eigenvalue weighted by Gasteiger charge is 2.57. The van der Waals surface area contributed by atoms with Crippen LogP contribution in [-0.2, 0) is 9.59 Å². The Morgan fingerprint density at radius 1 is 0.821 bits per heavy atom. The van der Waals surface area contributed by atoms with E-state index >= 15 is 0 Å². The highest BCUT2D eigenvalue weighted by molar-refractivity contribution is 5.76. The fourth-order valence-corrected chi connectivity index (χ4v) is 7.39. The molecule has 4 heterocycles. The first-order valence-electron chi connectivity index (χ1n) is 11.2. The number of nitrogens with zero attached hydrogens (tertiary/aromatic N) is 2. The summed E-state index contributed by atoms with van der Waals surface area (Å²) < 4.78 is 0. The maximum absolute atomic E-state index is 13.0. The zero-order valence-corrected chi connectivity index (χ0v) is 17.3. The molecule has 0 radical (unpaired) electrons. The quantitative estimate of drug-likeness (QED) is 0.693. The van der Waals surface area contributed by atoms with Crippen LogP contribution in [0.15, 0.2) is 0 Å². The standard InChI is InChI=1S/C22H36N2O4/c1-23-16-5-6-17(23)11-14(10-16)22(21(27)28,9-3-4-20(25)26)15-12-18-7-8-19(13-15)24(18)2/h14-19H,3-13H2,1-2H3,(H,25,26)(H,27,28). The molecule has 0 aromatic carbocycles. The number of hydrogen-bond acceptors (Lipinski definition) is 4. The fraction of sp³-hybridized carbons (Fsp3) is 0.909. The Balaban J connectivity index is 1.63. The molecule has 158 valence electrons. The summed E-state index contributed by atoms with van der Waals surface area (Å²) in [4.78, 5) is 29.1. The second kappa shape index (κ2) is 7.60. The number of carboxylic acid groups (broad SMARTS) is 2. The number of rotatable bonds is 7. The van der Waals surface area contributed by atoms with Crippen molar-refractivity contribution in [2.45, 2.75) is 94.8 Å². The summed E-state index contributed by atoms with van der Waals surface area (Å²) in [5, 5.41) is 19.8. The van der Waals surface area contributed by atoms with Crippen LogP contribution in [0.2, 0.25) is 0 Å². The van der Waals surface area contributed by atoms with Crippen LogP contribution in [0.4, 0.5) is 0 Å². The summed E-state index contributed by atoms with van der Waals surface area (Å²) in [6.45, 7) is 0. The Labute approximate surface area is 168 Å². The topological polar surface area (TPSA) is 81.1 Å². The molecule has 4 fully saturated rings. The highest BCUT2D eigenvalue weighted by atomic mass is 16.4. The summed E-state index contributed by atoms with van der Waals surface area (Å²) in [6.07, 6.45) is 9.67. The first-order chi connectivity index (χ1) is 13.3. The van der Waals surface area contributed by atoms with E-state index < -0.39 is 17.4 Å². The zero-order valence-electron chi connectivity index (χ0n) is 17.3. The Morgan fingerprint density at radius 2 is 1.21 bits per heavy atom. The van der Waals surface area contributed by atoms with Gasteiger partial charge in [-0.05, 0) is 90.1 Å². The molecule has 6 heteroatoms.